The van der Waals surface area contributed by atoms with E-state index in [1.165, 1.54) is 0 Å². The lowest BCUT2D eigenvalue weighted by atomic mass is 9.87. The van der Waals surface area contributed by atoms with E-state index in [2.05, 4.69) is 10.6 Å². The average molecular weight is 471 g/mol. The maximum Gasteiger partial charge on any atom is 0.509 e. The molecule has 1 saturated heterocycles. The first kappa shape index (κ1) is 26.7. The molecule has 0 radical (unpaired) electrons. The molecular weight excluding hydrogens is 437 g/mol. The van der Waals surface area contributed by atoms with Gasteiger partial charge in [-0.15, -0.1) is 0 Å². The van der Waals surface area contributed by atoms with E-state index < -0.39 is 30.4 Å². The summed E-state index contributed by atoms with van der Waals surface area (Å²) in [6.45, 7) is -0.323. The summed E-state index contributed by atoms with van der Waals surface area (Å²) >= 11 is 0.677. The molecule has 1 heterocycles. The summed E-state index contributed by atoms with van der Waals surface area (Å²) in [6, 6.07) is 0. The van der Waals surface area contributed by atoms with Crippen LogP contribution in [-0.4, -0.2) is 93.2 Å². The SMILES string of the molecule is CC1(C)COP(=O)(O)SCCNC(=O)CCNC(=O)[C@@H]1OC(=O)OCC[N+](C)(C)C. The summed E-state index contributed by atoms with van der Waals surface area (Å²) in [5, 5.41) is 5.13. The minimum Gasteiger partial charge on any atom is -0.428 e. The van der Waals surface area contributed by atoms with Crippen LogP contribution in [0.3, 0.4) is 0 Å². The van der Waals surface area contributed by atoms with Crippen molar-refractivity contribution in [3.63, 3.8) is 0 Å². The van der Waals surface area contributed by atoms with Crippen LogP contribution < -0.4 is 10.6 Å². The third-order valence-corrected chi connectivity index (χ3v) is 7.08. The molecule has 0 aromatic rings. The second kappa shape index (κ2) is 11.3. The van der Waals surface area contributed by atoms with Gasteiger partial charge in [-0.3, -0.25) is 9.59 Å². The zero-order valence-electron chi connectivity index (χ0n) is 18.1. The number of likely N-dealkylation sites (N-methyl/N-ethyl adjacent to an activating group) is 1. The lowest BCUT2D eigenvalue weighted by Gasteiger charge is -2.32. The molecule has 0 aliphatic carbocycles. The van der Waals surface area contributed by atoms with Gasteiger partial charge in [-0.05, 0) is 11.4 Å². The van der Waals surface area contributed by atoms with Gasteiger partial charge in [0.2, 0.25) is 5.91 Å². The fourth-order valence-electron chi connectivity index (χ4n) is 2.29. The van der Waals surface area contributed by atoms with E-state index in [9.17, 15) is 23.8 Å². The number of amides is 2. The summed E-state index contributed by atoms with van der Waals surface area (Å²) in [5.74, 6) is -0.791. The van der Waals surface area contributed by atoms with Gasteiger partial charge in [-0.25, -0.2) is 9.36 Å². The molecule has 1 aliphatic heterocycles. The molecule has 2 amide bonds. The predicted molar refractivity (Wildman–Crippen MR) is 112 cm³/mol. The van der Waals surface area contributed by atoms with Gasteiger partial charge in [0, 0.05) is 30.7 Å². The molecule has 1 aliphatic rings. The number of rotatable bonds is 4. The fourth-order valence-corrected chi connectivity index (χ4v) is 4.64. The first-order chi connectivity index (χ1) is 13.7. The summed E-state index contributed by atoms with van der Waals surface area (Å²) in [5.41, 5.74) is -1.14. The van der Waals surface area contributed by atoms with Crippen molar-refractivity contribution in [3.05, 3.63) is 0 Å². The zero-order valence-corrected chi connectivity index (χ0v) is 19.8. The van der Waals surface area contributed by atoms with Crippen LogP contribution in [0.25, 0.3) is 0 Å². The molecule has 0 aromatic carbocycles. The summed E-state index contributed by atoms with van der Waals surface area (Å²) in [6.07, 6.45) is -2.37. The van der Waals surface area contributed by atoms with Gasteiger partial charge in [0.05, 0.1) is 27.7 Å². The van der Waals surface area contributed by atoms with E-state index in [1.807, 2.05) is 21.1 Å². The van der Waals surface area contributed by atoms with Crippen molar-refractivity contribution in [2.45, 2.75) is 26.4 Å². The molecule has 0 bridgehead atoms. The van der Waals surface area contributed by atoms with E-state index in [0.717, 1.165) is 0 Å². The molecule has 0 spiro atoms. The van der Waals surface area contributed by atoms with Gasteiger partial charge in [0.25, 0.3) is 5.91 Å². The van der Waals surface area contributed by atoms with Crippen LogP contribution in [-0.2, 0) is 28.2 Å². The standard InChI is InChI=1S/C17H32N3O8PS/c1-17(2)12-27-29(24,25)30-11-8-18-13(21)6-7-19-15(22)14(17)28-16(23)26-10-9-20(3,4)5/h14H,6-12H2,1-5H3,(H2-,18,19,21,22,24,25)/p+1/t14-/m0/s1. The molecule has 174 valence electrons. The highest BCUT2D eigenvalue weighted by molar-refractivity contribution is 8.54. The van der Waals surface area contributed by atoms with Crippen LogP contribution in [0.15, 0.2) is 0 Å². The van der Waals surface area contributed by atoms with Gasteiger partial charge in [-0.2, -0.15) is 0 Å². The van der Waals surface area contributed by atoms with Gasteiger partial charge in [0.1, 0.15) is 13.2 Å². The van der Waals surface area contributed by atoms with E-state index in [1.54, 1.807) is 13.8 Å². The van der Waals surface area contributed by atoms with E-state index in [-0.39, 0.29) is 44.4 Å². The highest BCUT2D eigenvalue weighted by Crippen LogP contribution is 2.56. The molecule has 2 atom stereocenters. The highest BCUT2D eigenvalue weighted by Gasteiger charge is 2.41. The first-order valence-corrected chi connectivity index (χ1v) is 12.7. The third kappa shape index (κ3) is 10.6. The zero-order chi connectivity index (χ0) is 23.0. The molecule has 1 fully saturated rings. The molecule has 13 heteroatoms. The number of carbonyl (C=O) groups excluding carboxylic acids is 3. The topological polar surface area (TPSA) is 140 Å². The molecule has 0 aromatic heterocycles. The molecule has 3 N–H and O–H groups in total. The smallest absolute Gasteiger partial charge is 0.428 e. The minimum absolute atomic E-state index is 0.0186. The lowest BCUT2D eigenvalue weighted by Crippen LogP contribution is -2.49. The summed E-state index contributed by atoms with van der Waals surface area (Å²) in [7, 11) is 5.80. The van der Waals surface area contributed by atoms with Crippen molar-refractivity contribution in [1.29, 1.82) is 0 Å². The summed E-state index contributed by atoms with van der Waals surface area (Å²) in [4.78, 5) is 46.5. The minimum atomic E-state index is -4.02. The Morgan fingerprint density at radius 1 is 1.30 bits per heavy atom. The number of hydrogen-bond donors (Lipinski definition) is 3. The maximum atomic E-state index is 12.7. The van der Waals surface area contributed by atoms with E-state index in [4.69, 9.17) is 14.0 Å². The average Bonchev–Trinajstić information content (AvgIpc) is 2.60. The Morgan fingerprint density at radius 2 is 1.97 bits per heavy atom. The largest absolute Gasteiger partial charge is 0.509 e. The Morgan fingerprint density at radius 3 is 2.60 bits per heavy atom. The molecule has 30 heavy (non-hydrogen) atoms. The fraction of sp³-hybridized carbons (Fsp3) is 0.824. The number of quaternary nitrogens is 1. The van der Waals surface area contributed by atoms with Crippen LogP contribution >= 0.6 is 18.2 Å². The van der Waals surface area contributed by atoms with Crippen molar-refractivity contribution in [2.24, 2.45) is 5.41 Å². The van der Waals surface area contributed by atoms with E-state index in [0.29, 0.717) is 22.4 Å². The molecule has 1 unspecified atom stereocenters. The monoisotopic (exact) mass is 470 g/mol. The van der Waals surface area contributed by atoms with Crippen molar-refractivity contribution < 1.29 is 42.3 Å². The molecular formula is C17H33N3O8PS+. The van der Waals surface area contributed by atoms with E-state index >= 15 is 0 Å². The number of hydrogen-bond acceptors (Lipinski definition) is 8. The molecule has 11 nitrogen and oxygen atoms in total. The van der Waals surface area contributed by atoms with Crippen LogP contribution in [0.2, 0.25) is 0 Å². The molecule has 0 saturated carbocycles. The highest BCUT2D eigenvalue weighted by atomic mass is 32.7. The Balaban J connectivity index is 2.90. The summed E-state index contributed by atoms with van der Waals surface area (Å²) < 4.78 is 28.2. The second-order valence-corrected chi connectivity index (χ2v) is 12.6. The van der Waals surface area contributed by atoms with Gasteiger partial charge in [-0.1, -0.05) is 13.8 Å². The van der Waals surface area contributed by atoms with Gasteiger partial charge in [0.15, 0.2) is 6.10 Å². The second-order valence-electron chi connectivity index (χ2n) is 8.57. The maximum absolute atomic E-state index is 12.7. The van der Waals surface area contributed by atoms with Crippen molar-refractivity contribution in [3.8, 4) is 0 Å². The lowest BCUT2D eigenvalue weighted by molar-refractivity contribution is -0.870. The first-order valence-electron chi connectivity index (χ1n) is 9.52. The van der Waals surface area contributed by atoms with Crippen LogP contribution in [0, 0.1) is 5.41 Å². The van der Waals surface area contributed by atoms with Gasteiger partial charge < -0.3 is 34.0 Å². The normalized spacial score (nSPS) is 26.7. The van der Waals surface area contributed by atoms with Crippen molar-refractivity contribution in [2.75, 3.05) is 59.7 Å². The predicted octanol–water partition coefficient (Wildman–Crippen LogP) is 0.727. The Labute approximate surface area is 181 Å². The van der Waals surface area contributed by atoms with Crippen LogP contribution in [0.1, 0.15) is 20.3 Å². The Kier molecular flexibility index (Phi) is 10.1. The number of carbonyl (C=O) groups is 3. The number of nitrogens with one attached hydrogen (secondary N) is 2. The Bertz CT molecular complexity index is 668. The van der Waals surface area contributed by atoms with Crippen LogP contribution in [0.4, 0.5) is 4.79 Å². The van der Waals surface area contributed by atoms with Crippen molar-refractivity contribution in [1.82, 2.24) is 10.6 Å². The number of ether oxygens (including phenoxy) is 2. The van der Waals surface area contributed by atoms with Crippen LogP contribution in [0.5, 0.6) is 0 Å². The van der Waals surface area contributed by atoms with Gasteiger partial charge >= 0.3 is 13.0 Å². The quantitative estimate of drug-likeness (QED) is 0.308. The Hall–Kier alpha value is -1.33. The number of nitrogens with zero attached hydrogens (tertiary/aromatic N) is 1. The molecule has 1 rings (SSSR count). The van der Waals surface area contributed by atoms with Crippen molar-refractivity contribution >= 4 is 36.1 Å². The third-order valence-electron chi connectivity index (χ3n) is 4.07.